The van der Waals surface area contributed by atoms with Crippen LogP contribution >= 0.6 is 0 Å². The van der Waals surface area contributed by atoms with Crippen molar-refractivity contribution in [2.24, 2.45) is 0 Å². The van der Waals surface area contributed by atoms with Crippen LogP contribution in [0.1, 0.15) is 42.4 Å². The minimum absolute atomic E-state index is 0.0882. The van der Waals surface area contributed by atoms with E-state index in [-0.39, 0.29) is 23.9 Å². The molecule has 1 aliphatic rings. The first kappa shape index (κ1) is 15.4. The van der Waals surface area contributed by atoms with Gasteiger partial charge in [-0.05, 0) is 43.2 Å². The Balaban J connectivity index is 1.95. The van der Waals surface area contributed by atoms with Crippen molar-refractivity contribution in [2.75, 3.05) is 25.4 Å². The number of hydrogen-bond acceptors (Lipinski definition) is 9. The Labute approximate surface area is 132 Å². The average molecular weight is 321 g/mol. The third kappa shape index (κ3) is 3.16. The summed E-state index contributed by atoms with van der Waals surface area (Å²) in [6.07, 6.45) is 3.48. The van der Waals surface area contributed by atoms with E-state index in [0.29, 0.717) is 12.2 Å². The predicted molar refractivity (Wildman–Crippen MR) is 78.7 cm³/mol. The SMILES string of the molecule is CCOC(=O)c1nnn(-c2nonc2N)c1CN1CCCCC1. The lowest BCUT2D eigenvalue weighted by Gasteiger charge is -2.26. The van der Waals surface area contributed by atoms with Crippen LogP contribution in [0.25, 0.3) is 5.82 Å². The van der Waals surface area contributed by atoms with Crippen LogP contribution in [0.2, 0.25) is 0 Å². The van der Waals surface area contributed by atoms with Crippen LogP contribution in [0, 0.1) is 0 Å². The lowest BCUT2D eigenvalue weighted by molar-refractivity contribution is 0.0516. The van der Waals surface area contributed by atoms with E-state index < -0.39 is 5.97 Å². The van der Waals surface area contributed by atoms with Gasteiger partial charge in [-0.3, -0.25) is 4.90 Å². The molecule has 124 valence electrons. The normalized spacial score (nSPS) is 15.7. The second-order valence-electron chi connectivity index (χ2n) is 5.33. The van der Waals surface area contributed by atoms with Gasteiger partial charge in [0, 0.05) is 6.54 Å². The Bertz CT molecular complexity index is 675. The van der Waals surface area contributed by atoms with Crippen molar-refractivity contribution in [2.45, 2.75) is 32.7 Å². The largest absolute Gasteiger partial charge is 0.461 e. The summed E-state index contributed by atoms with van der Waals surface area (Å²) in [5.74, 6) is -0.203. The first-order valence-corrected chi connectivity index (χ1v) is 7.63. The number of piperidine rings is 1. The molecule has 0 saturated carbocycles. The Morgan fingerprint density at radius 1 is 1.30 bits per heavy atom. The molecule has 23 heavy (non-hydrogen) atoms. The molecule has 0 bridgehead atoms. The van der Waals surface area contributed by atoms with Gasteiger partial charge in [0.05, 0.1) is 12.3 Å². The molecule has 0 aromatic carbocycles. The molecule has 1 aliphatic heterocycles. The summed E-state index contributed by atoms with van der Waals surface area (Å²) in [5.41, 5.74) is 6.48. The maximum Gasteiger partial charge on any atom is 0.360 e. The highest BCUT2D eigenvalue weighted by molar-refractivity contribution is 5.88. The third-order valence-corrected chi connectivity index (χ3v) is 3.75. The summed E-state index contributed by atoms with van der Waals surface area (Å²) in [6.45, 7) is 4.43. The molecule has 0 unspecified atom stereocenters. The highest BCUT2D eigenvalue weighted by Crippen LogP contribution is 2.20. The van der Waals surface area contributed by atoms with Crippen molar-refractivity contribution < 1.29 is 14.2 Å². The Kier molecular flexibility index (Phi) is 4.51. The van der Waals surface area contributed by atoms with E-state index in [9.17, 15) is 4.79 Å². The Hall–Kier alpha value is -2.49. The fraction of sp³-hybridized carbons (Fsp3) is 0.615. The minimum atomic E-state index is -0.513. The molecule has 1 saturated heterocycles. The monoisotopic (exact) mass is 321 g/mol. The van der Waals surface area contributed by atoms with Crippen LogP contribution in [-0.2, 0) is 11.3 Å². The molecule has 0 radical (unpaired) electrons. The maximum atomic E-state index is 12.1. The van der Waals surface area contributed by atoms with E-state index >= 15 is 0 Å². The molecule has 0 amide bonds. The number of hydrogen-bond donors (Lipinski definition) is 1. The lowest BCUT2D eigenvalue weighted by atomic mass is 10.1. The standard InChI is InChI=1S/C13H19N7O3/c1-2-22-13(21)10-9(8-19-6-4-3-5-7-19)20(18-15-10)12-11(14)16-23-17-12/h2-8H2,1H3,(H2,14,16). The fourth-order valence-corrected chi connectivity index (χ4v) is 2.64. The number of nitrogen functional groups attached to an aromatic ring is 1. The second-order valence-corrected chi connectivity index (χ2v) is 5.33. The van der Waals surface area contributed by atoms with E-state index in [1.165, 1.54) is 11.1 Å². The van der Waals surface area contributed by atoms with E-state index in [2.05, 4.69) is 30.2 Å². The molecular formula is C13H19N7O3. The number of rotatable bonds is 5. The van der Waals surface area contributed by atoms with Gasteiger partial charge < -0.3 is 10.5 Å². The predicted octanol–water partition coefficient (Wildman–Crippen LogP) is 0.395. The molecule has 2 aromatic heterocycles. The maximum absolute atomic E-state index is 12.1. The van der Waals surface area contributed by atoms with Crippen LogP contribution in [-0.4, -0.2) is 55.9 Å². The Morgan fingerprint density at radius 2 is 2.09 bits per heavy atom. The first-order chi connectivity index (χ1) is 11.2. The summed E-state index contributed by atoms with van der Waals surface area (Å²) >= 11 is 0. The number of nitrogens with two attached hydrogens (primary N) is 1. The van der Waals surface area contributed by atoms with Gasteiger partial charge in [0.2, 0.25) is 11.6 Å². The van der Waals surface area contributed by atoms with Crippen LogP contribution in [0.4, 0.5) is 5.82 Å². The highest BCUT2D eigenvalue weighted by Gasteiger charge is 2.26. The number of esters is 1. The number of carbonyl (C=O) groups is 1. The molecule has 2 N–H and O–H groups in total. The van der Waals surface area contributed by atoms with Crippen molar-refractivity contribution >= 4 is 11.8 Å². The molecule has 3 heterocycles. The molecule has 0 spiro atoms. The van der Waals surface area contributed by atoms with Gasteiger partial charge >= 0.3 is 5.97 Å². The van der Waals surface area contributed by atoms with Gasteiger partial charge in [0.15, 0.2) is 5.69 Å². The number of aromatic nitrogens is 5. The first-order valence-electron chi connectivity index (χ1n) is 7.63. The topological polar surface area (TPSA) is 125 Å². The van der Waals surface area contributed by atoms with Crippen LogP contribution in [0.3, 0.4) is 0 Å². The van der Waals surface area contributed by atoms with E-state index in [4.69, 9.17) is 10.5 Å². The van der Waals surface area contributed by atoms with Crippen molar-refractivity contribution in [1.82, 2.24) is 30.2 Å². The van der Waals surface area contributed by atoms with Gasteiger partial charge in [0.25, 0.3) is 0 Å². The van der Waals surface area contributed by atoms with Crippen molar-refractivity contribution in [1.29, 1.82) is 0 Å². The highest BCUT2D eigenvalue weighted by atomic mass is 16.6. The zero-order chi connectivity index (χ0) is 16.2. The summed E-state index contributed by atoms with van der Waals surface area (Å²) in [4.78, 5) is 14.4. The third-order valence-electron chi connectivity index (χ3n) is 3.75. The zero-order valence-corrected chi connectivity index (χ0v) is 12.9. The molecule has 10 nitrogen and oxygen atoms in total. The van der Waals surface area contributed by atoms with E-state index in [1.54, 1.807) is 6.92 Å². The molecule has 1 fully saturated rings. The molecule has 10 heteroatoms. The fourth-order valence-electron chi connectivity index (χ4n) is 2.64. The van der Waals surface area contributed by atoms with Crippen LogP contribution in [0.5, 0.6) is 0 Å². The molecule has 2 aromatic rings. The summed E-state index contributed by atoms with van der Waals surface area (Å²) in [6, 6.07) is 0. The van der Waals surface area contributed by atoms with Gasteiger partial charge in [-0.2, -0.15) is 4.68 Å². The van der Waals surface area contributed by atoms with Gasteiger partial charge in [-0.15, -0.1) is 5.10 Å². The van der Waals surface area contributed by atoms with Gasteiger partial charge in [-0.25, -0.2) is 9.42 Å². The molecular weight excluding hydrogens is 302 g/mol. The van der Waals surface area contributed by atoms with Crippen molar-refractivity contribution in [3.05, 3.63) is 11.4 Å². The number of carbonyl (C=O) groups excluding carboxylic acids is 1. The average Bonchev–Trinajstić information content (AvgIpc) is 3.14. The van der Waals surface area contributed by atoms with E-state index in [0.717, 1.165) is 25.9 Å². The smallest absolute Gasteiger partial charge is 0.360 e. The van der Waals surface area contributed by atoms with Crippen molar-refractivity contribution in [3.63, 3.8) is 0 Å². The zero-order valence-electron chi connectivity index (χ0n) is 12.9. The lowest BCUT2D eigenvalue weighted by Crippen LogP contribution is -2.31. The summed E-state index contributed by atoms with van der Waals surface area (Å²) in [7, 11) is 0. The summed E-state index contributed by atoms with van der Waals surface area (Å²) in [5, 5.41) is 15.2. The minimum Gasteiger partial charge on any atom is -0.461 e. The Morgan fingerprint density at radius 3 is 2.74 bits per heavy atom. The summed E-state index contributed by atoms with van der Waals surface area (Å²) < 4.78 is 11.1. The molecule has 0 aliphatic carbocycles. The number of ether oxygens (including phenoxy) is 1. The van der Waals surface area contributed by atoms with Crippen LogP contribution in [0.15, 0.2) is 4.63 Å². The number of anilines is 1. The number of likely N-dealkylation sites (tertiary alicyclic amines) is 1. The second kappa shape index (κ2) is 6.73. The van der Waals surface area contributed by atoms with Gasteiger partial charge in [0.1, 0.15) is 0 Å². The van der Waals surface area contributed by atoms with Crippen molar-refractivity contribution in [3.8, 4) is 5.82 Å². The number of nitrogens with zero attached hydrogens (tertiary/aromatic N) is 6. The van der Waals surface area contributed by atoms with E-state index in [1.807, 2.05) is 0 Å². The van der Waals surface area contributed by atoms with Gasteiger partial charge in [-0.1, -0.05) is 11.6 Å². The quantitative estimate of drug-likeness (QED) is 0.778. The van der Waals surface area contributed by atoms with Crippen LogP contribution < -0.4 is 5.73 Å². The molecule has 0 atom stereocenters. The molecule has 3 rings (SSSR count).